The van der Waals surface area contributed by atoms with Crippen molar-refractivity contribution in [1.29, 1.82) is 0 Å². The first-order chi connectivity index (χ1) is 15.9. The quantitative estimate of drug-likeness (QED) is 0.510. The summed E-state index contributed by atoms with van der Waals surface area (Å²) in [6.07, 6.45) is 6.35. The Hall–Kier alpha value is -2.39. The van der Waals surface area contributed by atoms with Gasteiger partial charge in [-0.05, 0) is 81.2 Å². The van der Waals surface area contributed by atoms with Crippen molar-refractivity contribution in [3.8, 4) is 5.75 Å². The summed E-state index contributed by atoms with van der Waals surface area (Å²) in [6, 6.07) is 5.81. The topological polar surface area (TPSA) is 95.4 Å². The average Bonchev–Trinajstić information content (AvgIpc) is 2.83. The lowest BCUT2D eigenvalue weighted by atomic mass is 9.82. The van der Waals surface area contributed by atoms with Crippen LogP contribution >= 0.6 is 0 Å². The molecule has 174 valence electrons. The number of pyridine rings is 1. The fourth-order valence-electron chi connectivity index (χ4n) is 4.63. The summed E-state index contributed by atoms with van der Waals surface area (Å²) in [6.45, 7) is 6.58. The lowest BCUT2D eigenvalue weighted by Crippen LogP contribution is -2.45. The number of piperidine rings is 1. The van der Waals surface area contributed by atoms with E-state index in [0.717, 1.165) is 61.0 Å². The molecule has 0 atom stereocenters. The zero-order valence-corrected chi connectivity index (χ0v) is 19.5. The van der Waals surface area contributed by atoms with Crippen molar-refractivity contribution >= 4 is 36.4 Å². The lowest BCUT2D eigenvalue weighted by molar-refractivity contribution is 0.0594. The van der Waals surface area contributed by atoms with Crippen LogP contribution in [0.2, 0.25) is 13.6 Å². The van der Waals surface area contributed by atoms with E-state index >= 15 is 0 Å². The monoisotopic (exact) mass is 451 g/mol. The first kappa shape index (κ1) is 23.8. The van der Waals surface area contributed by atoms with E-state index in [4.69, 9.17) is 9.47 Å². The van der Waals surface area contributed by atoms with Crippen molar-refractivity contribution < 1.29 is 24.3 Å². The summed E-state index contributed by atoms with van der Waals surface area (Å²) in [5, 5.41) is 21.4. The van der Waals surface area contributed by atoms with Gasteiger partial charge in [0.25, 0.3) is 0 Å². The van der Waals surface area contributed by atoms with E-state index in [-0.39, 0.29) is 11.8 Å². The molecule has 4 rings (SSSR count). The third-order valence-electron chi connectivity index (χ3n) is 6.67. The van der Waals surface area contributed by atoms with Crippen molar-refractivity contribution in [2.75, 3.05) is 33.3 Å². The van der Waals surface area contributed by atoms with E-state index in [1.165, 1.54) is 12.7 Å². The minimum Gasteiger partial charge on any atom is -0.490 e. The fourth-order valence-corrected chi connectivity index (χ4v) is 4.63. The lowest BCUT2D eigenvalue weighted by Gasteiger charge is -2.33. The molecule has 8 nitrogen and oxygen atoms in total. The number of nitrogens with zero attached hydrogens (tertiary/aromatic N) is 3. The van der Waals surface area contributed by atoms with Crippen molar-refractivity contribution in [2.24, 2.45) is 0 Å². The molecule has 33 heavy (non-hydrogen) atoms. The first-order valence-electron chi connectivity index (χ1n) is 11.6. The molecule has 10 heteroatoms. The molecule has 1 aromatic heterocycles. The number of carbonyl (C=O) groups excluding carboxylic acids is 1. The van der Waals surface area contributed by atoms with Crippen molar-refractivity contribution in [1.82, 2.24) is 14.6 Å². The standard InChI is InChI=1S/C23H31B2N3O5/c1-24(30)27-10-6-16(7-11-27)18-4-5-22(33-17-8-12-28(13-9-17)25(2)31)20-15-26-21(14-19(18)20)23(29)32-3/h4-6,14-15,17,30-31H,7-13H2,1-3H3. The molecule has 2 aromatic rings. The van der Waals surface area contributed by atoms with Gasteiger partial charge >= 0.3 is 20.1 Å². The van der Waals surface area contributed by atoms with Crippen LogP contribution in [0.15, 0.2) is 30.5 Å². The van der Waals surface area contributed by atoms with Crippen molar-refractivity contribution in [3.63, 3.8) is 0 Å². The molecule has 1 fully saturated rings. The first-order valence-corrected chi connectivity index (χ1v) is 11.6. The van der Waals surface area contributed by atoms with Gasteiger partial charge in [0.1, 0.15) is 17.5 Å². The second-order valence-electron chi connectivity index (χ2n) is 8.81. The summed E-state index contributed by atoms with van der Waals surface area (Å²) in [7, 11) is 0.425. The summed E-state index contributed by atoms with van der Waals surface area (Å²) >= 11 is 0. The van der Waals surface area contributed by atoms with Gasteiger partial charge in [-0.15, -0.1) is 0 Å². The van der Waals surface area contributed by atoms with Gasteiger partial charge in [-0.3, -0.25) is 0 Å². The van der Waals surface area contributed by atoms with Crippen LogP contribution in [-0.2, 0) is 4.74 Å². The molecule has 0 spiro atoms. The predicted molar refractivity (Wildman–Crippen MR) is 130 cm³/mol. The van der Waals surface area contributed by atoms with Gasteiger partial charge in [-0.1, -0.05) is 12.1 Å². The number of ether oxygens (including phenoxy) is 2. The second-order valence-corrected chi connectivity index (χ2v) is 8.81. The highest BCUT2D eigenvalue weighted by atomic mass is 16.5. The number of carbonyl (C=O) groups is 1. The summed E-state index contributed by atoms with van der Waals surface area (Å²) < 4.78 is 11.3. The maximum absolute atomic E-state index is 12.2. The molecule has 2 aliphatic rings. The molecule has 0 unspecified atom stereocenters. The largest absolute Gasteiger partial charge is 0.490 e. The highest BCUT2D eigenvalue weighted by molar-refractivity contribution is 6.45. The van der Waals surface area contributed by atoms with E-state index in [2.05, 4.69) is 11.1 Å². The Morgan fingerprint density at radius 1 is 1.09 bits per heavy atom. The van der Waals surface area contributed by atoms with Crippen LogP contribution < -0.4 is 4.74 Å². The number of fused-ring (bicyclic) bond motifs is 1. The van der Waals surface area contributed by atoms with E-state index in [0.29, 0.717) is 6.54 Å². The highest BCUT2D eigenvalue weighted by Crippen LogP contribution is 2.36. The predicted octanol–water partition coefficient (Wildman–Crippen LogP) is 2.17. The van der Waals surface area contributed by atoms with Gasteiger partial charge in [-0.2, -0.15) is 0 Å². The minimum absolute atomic E-state index is 0.0582. The molecule has 0 aliphatic carbocycles. The molecule has 2 aliphatic heterocycles. The number of aromatic nitrogens is 1. The van der Waals surface area contributed by atoms with Gasteiger partial charge in [0.2, 0.25) is 0 Å². The number of rotatable bonds is 6. The van der Waals surface area contributed by atoms with Gasteiger partial charge in [0, 0.05) is 18.1 Å². The number of methoxy groups -OCH3 is 1. The third-order valence-corrected chi connectivity index (χ3v) is 6.67. The molecule has 1 saturated heterocycles. The van der Waals surface area contributed by atoms with E-state index in [1.54, 1.807) is 25.9 Å². The van der Waals surface area contributed by atoms with Crippen LogP contribution in [0.5, 0.6) is 5.75 Å². The SMILES string of the molecule is COC(=O)c1cc2c(C3=CCN(B(C)O)CC3)ccc(OC3CCN(B(C)O)CC3)c2cn1. The molecule has 0 amide bonds. The van der Waals surface area contributed by atoms with Crippen LogP contribution in [0, 0.1) is 0 Å². The molecular formula is C23H31B2N3O5. The van der Waals surface area contributed by atoms with Gasteiger partial charge in [-0.25, -0.2) is 9.78 Å². The van der Waals surface area contributed by atoms with Crippen LogP contribution in [0.1, 0.15) is 35.3 Å². The Kier molecular flexibility index (Phi) is 7.38. The molecule has 0 bridgehead atoms. The maximum Gasteiger partial charge on any atom is 0.376 e. The molecule has 1 aromatic carbocycles. The Labute approximate surface area is 195 Å². The smallest absolute Gasteiger partial charge is 0.376 e. The van der Waals surface area contributed by atoms with Gasteiger partial charge < -0.3 is 29.1 Å². The molecule has 3 heterocycles. The Morgan fingerprint density at radius 2 is 1.82 bits per heavy atom. The number of esters is 1. The number of hydrogen-bond donors (Lipinski definition) is 2. The van der Waals surface area contributed by atoms with E-state index in [1.807, 2.05) is 21.8 Å². The minimum atomic E-state index is -0.481. The van der Waals surface area contributed by atoms with E-state index in [9.17, 15) is 14.8 Å². The average molecular weight is 451 g/mol. The molecule has 0 radical (unpaired) electrons. The highest BCUT2D eigenvalue weighted by Gasteiger charge is 2.26. The van der Waals surface area contributed by atoms with Crippen LogP contribution in [0.25, 0.3) is 16.3 Å². The van der Waals surface area contributed by atoms with Crippen LogP contribution in [-0.4, -0.2) is 84.1 Å². The van der Waals surface area contributed by atoms with Gasteiger partial charge in [0.15, 0.2) is 0 Å². The summed E-state index contributed by atoms with van der Waals surface area (Å²) in [5.74, 6) is 0.271. The van der Waals surface area contributed by atoms with Crippen LogP contribution in [0.4, 0.5) is 0 Å². The zero-order chi connectivity index (χ0) is 23.5. The van der Waals surface area contributed by atoms with Crippen molar-refractivity contribution in [2.45, 2.75) is 39.0 Å². The Morgan fingerprint density at radius 3 is 2.42 bits per heavy atom. The summed E-state index contributed by atoms with van der Waals surface area (Å²) in [4.78, 5) is 20.5. The number of hydrogen-bond acceptors (Lipinski definition) is 8. The molecule has 0 saturated carbocycles. The normalized spacial score (nSPS) is 18.2. The van der Waals surface area contributed by atoms with Gasteiger partial charge in [0.05, 0.1) is 7.11 Å². The van der Waals surface area contributed by atoms with Crippen molar-refractivity contribution in [3.05, 3.63) is 41.7 Å². The second kappa shape index (κ2) is 10.3. The number of benzene rings is 1. The fraction of sp³-hybridized carbons (Fsp3) is 0.478. The zero-order valence-electron chi connectivity index (χ0n) is 19.5. The Balaban J connectivity index is 1.66. The maximum atomic E-state index is 12.2. The Bertz CT molecular complexity index is 1040. The molecule has 2 N–H and O–H groups in total. The van der Waals surface area contributed by atoms with E-state index < -0.39 is 20.1 Å². The van der Waals surface area contributed by atoms with Crippen LogP contribution in [0.3, 0.4) is 0 Å². The summed E-state index contributed by atoms with van der Waals surface area (Å²) in [5.41, 5.74) is 2.48. The third kappa shape index (κ3) is 5.24. The molecular weight excluding hydrogens is 420 g/mol.